The molecule has 2 N–H and O–H groups in total. The number of nitrogens with two attached hydrogens (primary N) is 1. The first-order chi connectivity index (χ1) is 6.92. The van der Waals surface area contributed by atoms with Crippen molar-refractivity contribution in [2.24, 2.45) is 11.7 Å². The molecule has 3 heteroatoms. The molecule has 2 unspecified atom stereocenters. The Morgan fingerprint density at radius 1 is 1.27 bits per heavy atom. The zero-order valence-electron chi connectivity index (χ0n) is 8.76. The van der Waals surface area contributed by atoms with Crippen LogP contribution < -0.4 is 5.73 Å². The summed E-state index contributed by atoms with van der Waals surface area (Å²) < 4.78 is 5.79. The van der Waals surface area contributed by atoms with Gasteiger partial charge in [-0.25, -0.2) is 0 Å². The Bertz CT molecular complexity index is 278. The highest BCUT2D eigenvalue weighted by atomic mass is 35.5. The number of hydrogen-bond donors (Lipinski definition) is 1. The van der Waals surface area contributed by atoms with Gasteiger partial charge in [-0.2, -0.15) is 0 Å². The lowest BCUT2D eigenvalue weighted by Crippen LogP contribution is -2.28. The van der Waals surface area contributed by atoms with E-state index in [9.17, 15) is 0 Å². The SMILES string of the molecule is Cl.NCC1CCCOC1c1ccccc1. The second-order valence-corrected chi connectivity index (χ2v) is 3.84. The van der Waals surface area contributed by atoms with Crippen molar-refractivity contribution in [1.29, 1.82) is 0 Å². The lowest BCUT2D eigenvalue weighted by molar-refractivity contribution is -0.0251. The second kappa shape index (κ2) is 6.11. The summed E-state index contributed by atoms with van der Waals surface area (Å²) in [5.41, 5.74) is 7.02. The molecule has 1 saturated heterocycles. The Labute approximate surface area is 97.2 Å². The fourth-order valence-electron chi connectivity index (χ4n) is 2.10. The van der Waals surface area contributed by atoms with Crippen molar-refractivity contribution >= 4 is 12.4 Å². The fraction of sp³-hybridized carbons (Fsp3) is 0.500. The molecule has 0 aliphatic carbocycles. The van der Waals surface area contributed by atoms with Crippen LogP contribution >= 0.6 is 12.4 Å². The zero-order chi connectivity index (χ0) is 9.80. The summed E-state index contributed by atoms with van der Waals surface area (Å²) in [6, 6.07) is 10.4. The minimum absolute atomic E-state index is 0. The number of halogens is 1. The van der Waals surface area contributed by atoms with Crippen molar-refractivity contribution in [2.75, 3.05) is 13.2 Å². The van der Waals surface area contributed by atoms with Gasteiger partial charge in [0, 0.05) is 12.5 Å². The first-order valence-corrected chi connectivity index (χ1v) is 5.28. The molecule has 2 nitrogen and oxygen atoms in total. The number of benzene rings is 1. The highest BCUT2D eigenvalue weighted by molar-refractivity contribution is 5.85. The first kappa shape index (κ1) is 12.5. The van der Waals surface area contributed by atoms with Crippen LogP contribution in [0.5, 0.6) is 0 Å². The van der Waals surface area contributed by atoms with Gasteiger partial charge in [-0.3, -0.25) is 0 Å². The molecule has 0 radical (unpaired) electrons. The average molecular weight is 228 g/mol. The maximum absolute atomic E-state index is 5.79. The topological polar surface area (TPSA) is 35.2 Å². The van der Waals surface area contributed by atoms with Crippen LogP contribution in [0, 0.1) is 5.92 Å². The summed E-state index contributed by atoms with van der Waals surface area (Å²) in [6.45, 7) is 1.59. The predicted molar refractivity (Wildman–Crippen MR) is 64.2 cm³/mol. The average Bonchev–Trinajstić information content (AvgIpc) is 2.30. The molecule has 2 atom stereocenters. The van der Waals surface area contributed by atoms with Crippen molar-refractivity contribution in [3.05, 3.63) is 35.9 Å². The zero-order valence-corrected chi connectivity index (χ0v) is 9.58. The van der Waals surface area contributed by atoms with Crippen LogP contribution in [0.1, 0.15) is 24.5 Å². The van der Waals surface area contributed by atoms with Gasteiger partial charge in [0.15, 0.2) is 0 Å². The number of rotatable bonds is 2. The molecule has 1 aromatic carbocycles. The van der Waals surface area contributed by atoms with Gasteiger partial charge in [-0.1, -0.05) is 30.3 Å². The highest BCUT2D eigenvalue weighted by Gasteiger charge is 2.25. The van der Waals surface area contributed by atoms with Gasteiger partial charge in [0.1, 0.15) is 0 Å². The lowest BCUT2D eigenvalue weighted by Gasteiger charge is -2.31. The highest BCUT2D eigenvalue weighted by Crippen LogP contribution is 2.32. The monoisotopic (exact) mass is 227 g/mol. The molecule has 0 amide bonds. The van der Waals surface area contributed by atoms with Crippen LogP contribution in [0.2, 0.25) is 0 Å². The molecule has 0 bridgehead atoms. The Morgan fingerprint density at radius 2 is 2.00 bits per heavy atom. The van der Waals surface area contributed by atoms with Crippen LogP contribution in [-0.2, 0) is 4.74 Å². The van der Waals surface area contributed by atoms with E-state index in [0.717, 1.165) is 19.6 Å². The Morgan fingerprint density at radius 3 is 2.67 bits per heavy atom. The second-order valence-electron chi connectivity index (χ2n) is 3.84. The van der Waals surface area contributed by atoms with E-state index in [1.165, 1.54) is 12.0 Å². The molecular weight excluding hydrogens is 210 g/mol. The van der Waals surface area contributed by atoms with Gasteiger partial charge in [-0.15, -0.1) is 12.4 Å². The van der Waals surface area contributed by atoms with Crippen LogP contribution in [0.3, 0.4) is 0 Å². The standard InChI is InChI=1S/C12H17NO.ClH/c13-9-11-7-4-8-14-12(11)10-5-2-1-3-6-10;/h1-3,5-6,11-12H,4,7-9,13H2;1H. The number of hydrogen-bond acceptors (Lipinski definition) is 2. The fourth-order valence-corrected chi connectivity index (χ4v) is 2.10. The van der Waals surface area contributed by atoms with E-state index in [2.05, 4.69) is 24.3 Å². The maximum Gasteiger partial charge on any atom is 0.0865 e. The van der Waals surface area contributed by atoms with Crippen LogP contribution in [0.15, 0.2) is 30.3 Å². The van der Waals surface area contributed by atoms with E-state index in [1.807, 2.05) is 6.07 Å². The summed E-state index contributed by atoms with van der Waals surface area (Å²) >= 11 is 0. The Hall–Kier alpha value is -0.570. The van der Waals surface area contributed by atoms with Crippen LogP contribution in [0.4, 0.5) is 0 Å². The molecule has 0 aromatic heterocycles. The summed E-state index contributed by atoms with van der Waals surface area (Å²) in [7, 11) is 0. The third kappa shape index (κ3) is 2.94. The molecule has 2 rings (SSSR count). The normalized spacial score (nSPS) is 25.7. The molecular formula is C12H18ClNO. The maximum atomic E-state index is 5.79. The molecule has 1 aliphatic heterocycles. The lowest BCUT2D eigenvalue weighted by atomic mass is 9.90. The predicted octanol–water partition coefficient (Wildman–Crippen LogP) is 2.53. The third-order valence-corrected chi connectivity index (χ3v) is 2.88. The van der Waals surface area contributed by atoms with E-state index in [-0.39, 0.29) is 18.5 Å². The minimum Gasteiger partial charge on any atom is -0.373 e. The first-order valence-electron chi connectivity index (χ1n) is 5.28. The molecule has 15 heavy (non-hydrogen) atoms. The molecule has 1 fully saturated rings. The van der Waals surface area contributed by atoms with E-state index < -0.39 is 0 Å². The number of ether oxygens (including phenoxy) is 1. The Balaban J connectivity index is 0.00000112. The van der Waals surface area contributed by atoms with Crippen molar-refractivity contribution in [2.45, 2.75) is 18.9 Å². The molecule has 0 saturated carbocycles. The van der Waals surface area contributed by atoms with Crippen LogP contribution in [0.25, 0.3) is 0 Å². The van der Waals surface area contributed by atoms with Gasteiger partial charge in [0.2, 0.25) is 0 Å². The van der Waals surface area contributed by atoms with Crippen LogP contribution in [-0.4, -0.2) is 13.2 Å². The Kier molecular flexibility index (Phi) is 5.09. The van der Waals surface area contributed by atoms with Gasteiger partial charge in [0.05, 0.1) is 6.10 Å². The van der Waals surface area contributed by atoms with E-state index in [4.69, 9.17) is 10.5 Å². The molecule has 1 heterocycles. The van der Waals surface area contributed by atoms with Crippen molar-refractivity contribution in [1.82, 2.24) is 0 Å². The van der Waals surface area contributed by atoms with E-state index in [0.29, 0.717) is 5.92 Å². The summed E-state index contributed by atoms with van der Waals surface area (Å²) in [5, 5.41) is 0. The smallest absolute Gasteiger partial charge is 0.0865 e. The molecule has 1 aliphatic rings. The van der Waals surface area contributed by atoms with Gasteiger partial charge in [-0.05, 0) is 24.9 Å². The summed E-state index contributed by atoms with van der Waals surface area (Å²) in [4.78, 5) is 0. The molecule has 1 aromatic rings. The van der Waals surface area contributed by atoms with E-state index >= 15 is 0 Å². The molecule has 0 spiro atoms. The largest absolute Gasteiger partial charge is 0.373 e. The van der Waals surface area contributed by atoms with Crippen molar-refractivity contribution in [3.63, 3.8) is 0 Å². The molecule has 84 valence electrons. The quantitative estimate of drug-likeness (QED) is 0.843. The minimum atomic E-state index is 0. The van der Waals surface area contributed by atoms with E-state index in [1.54, 1.807) is 0 Å². The van der Waals surface area contributed by atoms with Gasteiger partial charge < -0.3 is 10.5 Å². The van der Waals surface area contributed by atoms with Gasteiger partial charge >= 0.3 is 0 Å². The summed E-state index contributed by atoms with van der Waals surface area (Å²) in [5.74, 6) is 0.492. The third-order valence-electron chi connectivity index (χ3n) is 2.88. The van der Waals surface area contributed by atoms with Crippen molar-refractivity contribution < 1.29 is 4.74 Å². The summed E-state index contributed by atoms with van der Waals surface area (Å²) in [6.07, 6.45) is 2.55. The van der Waals surface area contributed by atoms with Gasteiger partial charge in [0.25, 0.3) is 0 Å². The van der Waals surface area contributed by atoms with Crippen molar-refractivity contribution in [3.8, 4) is 0 Å².